The molecule has 0 aliphatic carbocycles. The number of amides is 1. The van der Waals surface area contributed by atoms with Gasteiger partial charge in [0.1, 0.15) is 17.3 Å². The molecular weight excluding hydrogens is 318 g/mol. The molecule has 138 valence electrons. The van der Waals surface area contributed by atoms with E-state index in [2.05, 4.69) is 20.2 Å². The SMILES string of the molecule is Cc1nc(NCCN2CCOCC2)cc(C(=O)N2CCCCCC2)n1. The monoisotopic (exact) mass is 347 g/mol. The topological polar surface area (TPSA) is 70.6 Å². The van der Waals surface area contributed by atoms with Gasteiger partial charge in [-0.15, -0.1) is 0 Å². The first-order valence-electron chi connectivity index (χ1n) is 9.41. The normalized spacial score (nSPS) is 19.5. The van der Waals surface area contributed by atoms with Crippen molar-refractivity contribution in [1.82, 2.24) is 19.8 Å². The maximum atomic E-state index is 12.8. The Balaban J connectivity index is 1.58. The molecule has 2 saturated heterocycles. The first kappa shape index (κ1) is 18.1. The van der Waals surface area contributed by atoms with Crippen molar-refractivity contribution in [2.24, 2.45) is 0 Å². The number of nitrogens with one attached hydrogen (secondary N) is 1. The Hall–Kier alpha value is -1.73. The fraction of sp³-hybridized carbons (Fsp3) is 0.722. The number of aromatic nitrogens is 2. The number of ether oxygens (including phenoxy) is 1. The van der Waals surface area contributed by atoms with Gasteiger partial charge in [-0.2, -0.15) is 0 Å². The van der Waals surface area contributed by atoms with E-state index in [1.807, 2.05) is 11.8 Å². The van der Waals surface area contributed by atoms with Crippen LogP contribution in [0, 0.1) is 6.92 Å². The largest absolute Gasteiger partial charge is 0.379 e. The molecule has 0 atom stereocenters. The number of hydrogen-bond acceptors (Lipinski definition) is 6. The summed E-state index contributed by atoms with van der Waals surface area (Å²) >= 11 is 0. The lowest BCUT2D eigenvalue weighted by atomic mass is 10.2. The Labute approximate surface area is 149 Å². The first-order chi connectivity index (χ1) is 12.2. The number of anilines is 1. The molecule has 3 rings (SSSR count). The highest BCUT2D eigenvalue weighted by Crippen LogP contribution is 2.14. The Morgan fingerprint density at radius 3 is 2.56 bits per heavy atom. The van der Waals surface area contributed by atoms with Crippen LogP contribution in [-0.2, 0) is 4.74 Å². The third-order valence-electron chi connectivity index (χ3n) is 4.79. The minimum Gasteiger partial charge on any atom is -0.379 e. The van der Waals surface area contributed by atoms with Crippen LogP contribution in [0.2, 0.25) is 0 Å². The van der Waals surface area contributed by atoms with Crippen molar-refractivity contribution in [2.75, 3.05) is 57.8 Å². The zero-order chi connectivity index (χ0) is 17.5. The highest BCUT2D eigenvalue weighted by atomic mass is 16.5. The van der Waals surface area contributed by atoms with Crippen LogP contribution in [0.25, 0.3) is 0 Å². The summed E-state index contributed by atoms with van der Waals surface area (Å²) in [4.78, 5) is 25.9. The van der Waals surface area contributed by atoms with E-state index in [1.54, 1.807) is 6.07 Å². The summed E-state index contributed by atoms with van der Waals surface area (Å²) < 4.78 is 5.36. The number of hydrogen-bond donors (Lipinski definition) is 1. The minimum absolute atomic E-state index is 0.0311. The molecule has 3 heterocycles. The number of carbonyl (C=O) groups is 1. The standard InChI is InChI=1S/C18H29N5O2/c1-15-20-16(18(24)23-7-4-2-3-5-8-23)14-17(21-15)19-6-9-22-10-12-25-13-11-22/h14H,2-13H2,1H3,(H,19,20,21). The molecule has 0 spiro atoms. The number of morpholine rings is 1. The van der Waals surface area contributed by atoms with Crippen molar-refractivity contribution in [2.45, 2.75) is 32.6 Å². The van der Waals surface area contributed by atoms with E-state index in [-0.39, 0.29) is 5.91 Å². The van der Waals surface area contributed by atoms with Crippen LogP contribution < -0.4 is 5.32 Å². The first-order valence-corrected chi connectivity index (χ1v) is 9.41. The maximum absolute atomic E-state index is 12.8. The van der Waals surface area contributed by atoms with Gasteiger partial charge >= 0.3 is 0 Å². The second kappa shape index (κ2) is 9.10. The van der Waals surface area contributed by atoms with Gasteiger partial charge in [-0.25, -0.2) is 9.97 Å². The molecule has 0 radical (unpaired) electrons. The van der Waals surface area contributed by atoms with E-state index in [9.17, 15) is 4.79 Å². The van der Waals surface area contributed by atoms with Crippen molar-refractivity contribution in [3.05, 3.63) is 17.6 Å². The molecule has 0 bridgehead atoms. The molecule has 2 fully saturated rings. The summed E-state index contributed by atoms with van der Waals surface area (Å²) in [6.07, 6.45) is 4.59. The van der Waals surface area contributed by atoms with Crippen LogP contribution in [0.15, 0.2) is 6.07 Å². The molecule has 7 nitrogen and oxygen atoms in total. The number of rotatable bonds is 5. The lowest BCUT2D eigenvalue weighted by Gasteiger charge is -2.26. The van der Waals surface area contributed by atoms with E-state index < -0.39 is 0 Å². The molecule has 0 unspecified atom stereocenters. The van der Waals surface area contributed by atoms with Gasteiger partial charge in [0.25, 0.3) is 5.91 Å². The number of likely N-dealkylation sites (tertiary alicyclic amines) is 1. The Bertz CT molecular complexity index is 567. The second-order valence-electron chi connectivity index (χ2n) is 6.77. The summed E-state index contributed by atoms with van der Waals surface area (Å²) in [5, 5.41) is 3.34. The van der Waals surface area contributed by atoms with Crippen LogP contribution >= 0.6 is 0 Å². The van der Waals surface area contributed by atoms with Crippen LogP contribution in [0.3, 0.4) is 0 Å². The quantitative estimate of drug-likeness (QED) is 0.871. The summed E-state index contributed by atoms with van der Waals surface area (Å²) in [7, 11) is 0. The zero-order valence-corrected chi connectivity index (χ0v) is 15.2. The molecule has 7 heteroatoms. The fourth-order valence-electron chi connectivity index (χ4n) is 3.37. The van der Waals surface area contributed by atoms with E-state index >= 15 is 0 Å². The predicted molar refractivity (Wildman–Crippen MR) is 96.9 cm³/mol. The minimum atomic E-state index is 0.0311. The van der Waals surface area contributed by atoms with Crippen LogP contribution in [0.5, 0.6) is 0 Å². The lowest BCUT2D eigenvalue weighted by molar-refractivity contribution is 0.0398. The highest BCUT2D eigenvalue weighted by Gasteiger charge is 2.19. The molecule has 2 aliphatic heterocycles. The van der Waals surface area contributed by atoms with Crippen LogP contribution in [0.1, 0.15) is 42.0 Å². The predicted octanol–water partition coefficient (Wildman–Crippen LogP) is 1.55. The molecule has 1 aromatic rings. The molecule has 1 N–H and O–H groups in total. The van der Waals surface area contributed by atoms with Gasteiger partial charge in [0.2, 0.25) is 0 Å². The molecular formula is C18H29N5O2. The van der Waals surface area contributed by atoms with E-state index in [1.165, 1.54) is 12.8 Å². The van der Waals surface area contributed by atoms with Crippen LogP contribution in [0.4, 0.5) is 5.82 Å². The van der Waals surface area contributed by atoms with Gasteiger partial charge in [0.05, 0.1) is 13.2 Å². The number of nitrogens with zero attached hydrogens (tertiary/aromatic N) is 4. The maximum Gasteiger partial charge on any atom is 0.272 e. The molecule has 0 saturated carbocycles. The number of carbonyl (C=O) groups excluding carboxylic acids is 1. The van der Waals surface area contributed by atoms with Gasteiger partial charge in [-0.1, -0.05) is 12.8 Å². The summed E-state index contributed by atoms with van der Waals surface area (Å²) in [5.74, 6) is 1.40. The van der Waals surface area contributed by atoms with Gasteiger partial charge in [-0.3, -0.25) is 9.69 Å². The second-order valence-corrected chi connectivity index (χ2v) is 6.77. The Morgan fingerprint density at radius 1 is 1.12 bits per heavy atom. The van der Waals surface area contributed by atoms with Crippen molar-refractivity contribution < 1.29 is 9.53 Å². The summed E-state index contributed by atoms with van der Waals surface area (Å²) in [6, 6.07) is 1.79. The molecule has 1 aromatic heterocycles. The average molecular weight is 347 g/mol. The van der Waals surface area contributed by atoms with Gasteiger partial charge in [0.15, 0.2) is 0 Å². The fourth-order valence-corrected chi connectivity index (χ4v) is 3.37. The van der Waals surface area contributed by atoms with E-state index in [0.717, 1.165) is 71.1 Å². The number of aryl methyl sites for hydroxylation is 1. The van der Waals surface area contributed by atoms with Crippen molar-refractivity contribution in [3.8, 4) is 0 Å². The van der Waals surface area contributed by atoms with Gasteiger partial charge in [-0.05, 0) is 19.8 Å². The smallest absolute Gasteiger partial charge is 0.272 e. The van der Waals surface area contributed by atoms with E-state index in [4.69, 9.17) is 4.74 Å². The highest BCUT2D eigenvalue weighted by molar-refractivity contribution is 5.93. The van der Waals surface area contributed by atoms with Crippen molar-refractivity contribution >= 4 is 11.7 Å². The van der Waals surface area contributed by atoms with Crippen molar-refractivity contribution in [1.29, 1.82) is 0 Å². The van der Waals surface area contributed by atoms with E-state index in [0.29, 0.717) is 11.5 Å². The molecule has 0 aromatic carbocycles. The summed E-state index contributed by atoms with van der Waals surface area (Å²) in [6.45, 7) is 8.82. The zero-order valence-electron chi connectivity index (χ0n) is 15.2. The van der Waals surface area contributed by atoms with Crippen LogP contribution in [-0.4, -0.2) is 78.2 Å². The Morgan fingerprint density at radius 2 is 1.84 bits per heavy atom. The Kier molecular flexibility index (Phi) is 6.58. The lowest BCUT2D eigenvalue weighted by Crippen LogP contribution is -2.39. The van der Waals surface area contributed by atoms with Crippen molar-refractivity contribution in [3.63, 3.8) is 0 Å². The molecule has 2 aliphatic rings. The van der Waals surface area contributed by atoms with Gasteiger partial charge in [0, 0.05) is 45.3 Å². The molecule has 1 amide bonds. The third kappa shape index (κ3) is 5.37. The summed E-state index contributed by atoms with van der Waals surface area (Å²) in [5.41, 5.74) is 0.503. The van der Waals surface area contributed by atoms with Gasteiger partial charge < -0.3 is 15.0 Å². The third-order valence-corrected chi connectivity index (χ3v) is 4.79. The molecule has 25 heavy (non-hydrogen) atoms. The average Bonchev–Trinajstić information content (AvgIpc) is 2.91.